The molecular weight excluding hydrogens is 313 g/mol. The number of unbranched alkanes of at least 4 members (excludes halogenated alkanes) is 2. The first-order valence-corrected chi connectivity index (χ1v) is 7.95. The molecule has 2 nitrogen and oxygen atoms in total. The van der Waals surface area contributed by atoms with Crippen molar-refractivity contribution in [1.82, 2.24) is 5.32 Å². The van der Waals surface area contributed by atoms with Gasteiger partial charge in [-0.15, -0.1) is 12.4 Å². The summed E-state index contributed by atoms with van der Waals surface area (Å²) in [5.74, 6) is 0.662. The van der Waals surface area contributed by atoms with Crippen LogP contribution in [0.2, 0.25) is 0 Å². The molecule has 0 unspecified atom stereocenters. The fraction of sp³-hybridized carbons (Fsp3) is 0.368. The Labute approximate surface area is 144 Å². The number of benzene rings is 2. The molecule has 0 radical (unpaired) electrons. The fourth-order valence-corrected chi connectivity index (χ4v) is 2.26. The van der Waals surface area contributed by atoms with E-state index in [1.165, 1.54) is 31.4 Å². The summed E-state index contributed by atoms with van der Waals surface area (Å²) >= 11 is 0. The summed E-state index contributed by atoms with van der Waals surface area (Å²) in [6.45, 7) is 4.50. The van der Waals surface area contributed by atoms with Gasteiger partial charge < -0.3 is 10.1 Å². The Bertz CT molecular complexity index is 560. The molecule has 2 aromatic rings. The summed E-state index contributed by atoms with van der Waals surface area (Å²) in [5.41, 5.74) is 2.12. The molecule has 0 aliphatic rings. The number of hydrogen-bond acceptors (Lipinski definition) is 2. The molecular formula is C19H25ClFNO. The van der Waals surface area contributed by atoms with Crippen LogP contribution in [0.25, 0.3) is 0 Å². The molecule has 23 heavy (non-hydrogen) atoms. The largest absolute Gasteiger partial charge is 0.489 e. The first kappa shape index (κ1) is 19.5. The van der Waals surface area contributed by atoms with Gasteiger partial charge in [0, 0.05) is 12.1 Å². The zero-order chi connectivity index (χ0) is 15.6. The quantitative estimate of drug-likeness (QED) is 0.642. The second-order valence-corrected chi connectivity index (χ2v) is 5.41. The van der Waals surface area contributed by atoms with E-state index in [2.05, 4.69) is 18.3 Å². The maximum atomic E-state index is 12.9. The lowest BCUT2D eigenvalue weighted by molar-refractivity contribution is 0.302. The minimum absolute atomic E-state index is 0. The van der Waals surface area contributed by atoms with Crippen molar-refractivity contribution in [2.45, 2.75) is 39.3 Å². The van der Waals surface area contributed by atoms with Crippen LogP contribution >= 0.6 is 12.4 Å². The molecule has 0 aliphatic heterocycles. The van der Waals surface area contributed by atoms with Crippen molar-refractivity contribution in [1.29, 1.82) is 0 Å². The van der Waals surface area contributed by atoms with Crippen molar-refractivity contribution >= 4 is 12.4 Å². The highest BCUT2D eigenvalue weighted by Gasteiger charge is 2.03. The highest BCUT2D eigenvalue weighted by atomic mass is 35.5. The highest BCUT2D eigenvalue weighted by Crippen LogP contribution is 2.19. The zero-order valence-corrected chi connectivity index (χ0v) is 14.4. The van der Waals surface area contributed by atoms with E-state index in [1.54, 1.807) is 12.1 Å². The summed E-state index contributed by atoms with van der Waals surface area (Å²) in [6.07, 6.45) is 3.70. The number of halogens is 2. The Morgan fingerprint density at radius 2 is 1.74 bits per heavy atom. The van der Waals surface area contributed by atoms with Crippen LogP contribution in [-0.4, -0.2) is 6.54 Å². The Kier molecular flexibility index (Phi) is 9.34. The average molecular weight is 338 g/mol. The predicted octanol–water partition coefficient (Wildman–Crippen LogP) is 5.11. The lowest BCUT2D eigenvalue weighted by Crippen LogP contribution is -2.15. The fourth-order valence-electron chi connectivity index (χ4n) is 2.26. The van der Waals surface area contributed by atoms with E-state index in [1.807, 2.05) is 18.2 Å². The van der Waals surface area contributed by atoms with E-state index in [0.717, 1.165) is 30.0 Å². The topological polar surface area (TPSA) is 21.3 Å². The van der Waals surface area contributed by atoms with Crippen molar-refractivity contribution in [2.24, 2.45) is 0 Å². The van der Waals surface area contributed by atoms with Gasteiger partial charge in [0.1, 0.15) is 18.2 Å². The van der Waals surface area contributed by atoms with Crippen LogP contribution in [-0.2, 0) is 13.2 Å². The van der Waals surface area contributed by atoms with Crippen LogP contribution in [0.5, 0.6) is 5.75 Å². The number of para-hydroxylation sites is 1. The van der Waals surface area contributed by atoms with Crippen LogP contribution in [0.4, 0.5) is 4.39 Å². The molecule has 0 aliphatic carbocycles. The first-order chi connectivity index (χ1) is 10.8. The van der Waals surface area contributed by atoms with Crippen LogP contribution in [0.3, 0.4) is 0 Å². The number of nitrogens with one attached hydrogen (secondary N) is 1. The average Bonchev–Trinajstić information content (AvgIpc) is 2.55. The zero-order valence-electron chi connectivity index (χ0n) is 13.6. The van der Waals surface area contributed by atoms with Crippen LogP contribution < -0.4 is 10.1 Å². The Balaban J connectivity index is 0.00000264. The van der Waals surface area contributed by atoms with E-state index in [9.17, 15) is 4.39 Å². The lowest BCUT2D eigenvalue weighted by atomic mass is 10.2. The minimum Gasteiger partial charge on any atom is -0.489 e. The van der Waals surface area contributed by atoms with Gasteiger partial charge in [0.2, 0.25) is 0 Å². The molecule has 0 atom stereocenters. The third kappa shape index (κ3) is 7.02. The van der Waals surface area contributed by atoms with Gasteiger partial charge in [-0.1, -0.05) is 50.1 Å². The molecule has 0 saturated carbocycles. The summed E-state index contributed by atoms with van der Waals surface area (Å²) in [4.78, 5) is 0. The Morgan fingerprint density at radius 1 is 1.00 bits per heavy atom. The van der Waals surface area contributed by atoms with Crippen molar-refractivity contribution in [3.63, 3.8) is 0 Å². The normalized spacial score (nSPS) is 10.2. The molecule has 0 saturated heterocycles. The van der Waals surface area contributed by atoms with Gasteiger partial charge in [-0.3, -0.25) is 0 Å². The SMILES string of the molecule is CCCCCNCc1ccccc1OCc1ccc(F)cc1.Cl. The van der Waals surface area contributed by atoms with Crippen molar-refractivity contribution in [3.8, 4) is 5.75 Å². The monoisotopic (exact) mass is 337 g/mol. The standard InChI is InChI=1S/C19H24FNO.ClH/c1-2-3-6-13-21-14-17-7-4-5-8-19(17)22-15-16-9-11-18(20)12-10-16;/h4-5,7-12,21H,2-3,6,13-15H2,1H3;1H. The van der Waals surface area contributed by atoms with E-state index in [-0.39, 0.29) is 18.2 Å². The summed E-state index contributed by atoms with van der Waals surface area (Å²) in [5, 5.41) is 3.45. The molecule has 0 amide bonds. The molecule has 2 rings (SSSR count). The Hall–Kier alpha value is -1.58. The molecule has 0 aromatic heterocycles. The molecule has 0 fully saturated rings. The number of ether oxygens (including phenoxy) is 1. The van der Waals surface area contributed by atoms with Gasteiger partial charge in [0.25, 0.3) is 0 Å². The van der Waals surface area contributed by atoms with Gasteiger partial charge in [-0.05, 0) is 36.7 Å². The summed E-state index contributed by atoms with van der Waals surface area (Å²) in [6, 6.07) is 14.5. The molecule has 1 N–H and O–H groups in total. The molecule has 0 heterocycles. The smallest absolute Gasteiger partial charge is 0.124 e. The second-order valence-electron chi connectivity index (χ2n) is 5.41. The minimum atomic E-state index is -0.222. The van der Waals surface area contributed by atoms with Crippen molar-refractivity contribution < 1.29 is 9.13 Å². The molecule has 2 aromatic carbocycles. The second kappa shape index (κ2) is 11.0. The maximum absolute atomic E-state index is 12.9. The maximum Gasteiger partial charge on any atom is 0.124 e. The van der Waals surface area contributed by atoms with E-state index in [0.29, 0.717) is 6.61 Å². The van der Waals surface area contributed by atoms with Crippen molar-refractivity contribution in [2.75, 3.05) is 6.54 Å². The van der Waals surface area contributed by atoms with Gasteiger partial charge >= 0.3 is 0 Å². The predicted molar refractivity (Wildman–Crippen MR) is 95.7 cm³/mol. The summed E-state index contributed by atoms with van der Waals surface area (Å²) in [7, 11) is 0. The molecule has 4 heteroatoms. The Morgan fingerprint density at radius 3 is 2.48 bits per heavy atom. The van der Waals surface area contributed by atoms with Crippen LogP contribution in [0.1, 0.15) is 37.3 Å². The van der Waals surface area contributed by atoms with Gasteiger partial charge in [-0.2, -0.15) is 0 Å². The third-order valence-corrected chi connectivity index (χ3v) is 3.55. The van der Waals surface area contributed by atoms with Gasteiger partial charge in [0.15, 0.2) is 0 Å². The van der Waals surface area contributed by atoms with Gasteiger partial charge in [-0.25, -0.2) is 4.39 Å². The highest BCUT2D eigenvalue weighted by molar-refractivity contribution is 5.85. The van der Waals surface area contributed by atoms with Crippen LogP contribution in [0, 0.1) is 5.82 Å². The van der Waals surface area contributed by atoms with Gasteiger partial charge in [0.05, 0.1) is 0 Å². The molecule has 126 valence electrons. The van der Waals surface area contributed by atoms with Crippen molar-refractivity contribution in [3.05, 3.63) is 65.5 Å². The summed E-state index contributed by atoms with van der Waals surface area (Å²) < 4.78 is 18.8. The van der Waals surface area contributed by atoms with E-state index >= 15 is 0 Å². The first-order valence-electron chi connectivity index (χ1n) is 7.95. The van der Waals surface area contributed by atoms with E-state index in [4.69, 9.17) is 4.74 Å². The lowest BCUT2D eigenvalue weighted by Gasteiger charge is -2.12. The molecule has 0 bridgehead atoms. The number of hydrogen-bond donors (Lipinski definition) is 1. The van der Waals surface area contributed by atoms with E-state index < -0.39 is 0 Å². The third-order valence-electron chi connectivity index (χ3n) is 3.55. The molecule has 0 spiro atoms. The number of rotatable bonds is 9. The van der Waals surface area contributed by atoms with Crippen LogP contribution in [0.15, 0.2) is 48.5 Å².